The molecule has 0 spiro atoms. The number of hydrogen-bond donors (Lipinski definition) is 1. The third-order valence-electron chi connectivity index (χ3n) is 3.31. The van der Waals surface area contributed by atoms with Gasteiger partial charge in [-0.05, 0) is 48.9 Å². The molecule has 1 N–H and O–H groups in total. The van der Waals surface area contributed by atoms with Crippen LogP contribution in [-0.4, -0.2) is 18.0 Å². The topological polar surface area (TPSA) is 51.2 Å². The van der Waals surface area contributed by atoms with Gasteiger partial charge in [-0.1, -0.05) is 12.1 Å². The van der Waals surface area contributed by atoms with E-state index in [4.69, 9.17) is 4.74 Å². The first-order valence-corrected chi connectivity index (χ1v) is 7.96. The van der Waals surface area contributed by atoms with Crippen molar-refractivity contribution in [3.63, 3.8) is 0 Å². The lowest BCUT2D eigenvalue weighted by molar-refractivity contribution is -0.111. The van der Waals surface area contributed by atoms with Crippen LogP contribution in [0.2, 0.25) is 0 Å². The summed E-state index contributed by atoms with van der Waals surface area (Å²) in [6.45, 7) is 1.97. The quantitative estimate of drug-likeness (QED) is 0.729. The van der Waals surface area contributed by atoms with E-state index in [1.807, 2.05) is 49.4 Å². The highest BCUT2D eigenvalue weighted by atomic mass is 32.1. The Kier molecular flexibility index (Phi) is 4.39. The van der Waals surface area contributed by atoms with E-state index < -0.39 is 0 Å². The van der Waals surface area contributed by atoms with Crippen LogP contribution >= 0.6 is 11.3 Å². The highest BCUT2D eigenvalue weighted by molar-refractivity contribution is 7.18. The summed E-state index contributed by atoms with van der Waals surface area (Å²) in [5.41, 5.74) is 2.67. The molecule has 3 rings (SSSR count). The molecular weight excluding hydrogens is 308 g/mol. The van der Waals surface area contributed by atoms with Gasteiger partial charge >= 0.3 is 0 Å². The zero-order valence-electron chi connectivity index (χ0n) is 12.9. The first kappa shape index (κ1) is 15.2. The van der Waals surface area contributed by atoms with Crippen molar-refractivity contribution >= 4 is 39.2 Å². The Morgan fingerprint density at radius 1 is 1.22 bits per heavy atom. The molecule has 0 bridgehead atoms. The van der Waals surface area contributed by atoms with Gasteiger partial charge in [0.05, 0.1) is 22.3 Å². The minimum atomic E-state index is -0.165. The van der Waals surface area contributed by atoms with Crippen LogP contribution in [-0.2, 0) is 4.79 Å². The maximum Gasteiger partial charge on any atom is 0.248 e. The zero-order valence-corrected chi connectivity index (χ0v) is 13.7. The lowest BCUT2D eigenvalue weighted by Gasteiger charge is -2.02. The molecule has 0 saturated heterocycles. The number of fused-ring (bicyclic) bond motifs is 1. The fraction of sp³-hybridized carbons (Fsp3) is 0.111. The average molecular weight is 324 g/mol. The Morgan fingerprint density at radius 3 is 2.74 bits per heavy atom. The van der Waals surface area contributed by atoms with E-state index in [2.05, 4.69) is 10.3 Å². The number of nitrogens with zero attached hydrogens (tertiary/aromatic N) is 1. The number of benzene rings is 2. The number of nitrogens with one attached hydrogen (secondary N) is 1. The number of carbonyl (C=O) groups is 1. The number of aryl methyl sites for hydroxylation is 1. The molecule has 116 valence electrons. The van der Waals surface area contributed by atoms with E-state index in [0.29, 0.717) is 0 Å². The number of amides is 1. The van der Waals surface area contributed by atoms with E-state index in [1.54, 1.807) is 24.5 Å². The number of rotatable bonds is 4. The largest absolute Gasteiger partial charge is 0.497 e. The van der Waals surface area contributed by atoms with Gasteiger partial charge in [0, 0.05) is 11.8 Å². The predicted octanol–water partition coefficient (Wildman–Crippen LogP) is 4.27. The van der Waals surface area contributed by atoms with E-state index in [9.17, 15) is 4.79 Å². The van der Waals surface area contributed by atoms with Gasteiger partial charge in [-0.3, -0.25) is 4.79 Å². The van der Waals surface area contributed by atoms with Crippen molar-refractivity contribution in [3.8, 4) is 5.75 Å². The summed E-state index contributed by atoms with van der Waals surface area (Å²) in [6, 6.07) is 13.2. The number of ether oxygens (including phenoxy) is 1. The highest BCUT2D eigenvalue weighted by Crippen LogP contribution is 2.24. The Balaban J connectivity index is 1.68. The molecule has 0 radical (unpaired) electrons. The van der Waals surface area contributed by atoms with Gasteiger partial charge in [0.1, 0.15) is 5.75 Å². The van der Waals surface area contributed by atoms with E-state index in [-0.39, 0.29) is 5.91 Å². The summed E-state index contributed by atoms with van der Waals surface area (Å²) in [4.78, 5) is 16.4. The molecule has 3 aromatic rings. The van der Waals surface area contributed by atoms with E-state index in [1.165, 1.54) is 6.08 Å². The van der Waals surface area contributed by atoms with Gasteiger partial charge in [0.15, 0.2) is 0 Å². The second kappa shape index (κ2) is 6.62. The number of methoxy groups -OCH3 is 1. The maximum atomic E-state index is 12.0. The molecule has 0 aliphatic heterocycles. The molecule has 2 aromatic carbocycles. The first-order chi connectivity index (χ1) is 11.1. The summed E-state index contributed by atoms with van der Waals surface area (Å²) in [5.74, 6) is 0.626. The molecule has 5 heteroatoms. The van der Waals surface area contributed by atoms with Gasteiger partial charge in [-0.25, -0.2) is 4.98 Å². The van der Waals surface area contributed by atoms with Crippen molar-refractivity contribution in [2.45, 2.75) is 6.92 Å². The van der Waals surface area contributed by atoms with Gasteiger partial charge < -0.3 is 10.1 Å². The maximum absolute atomic E-state index is 12.0. The van der Waals surface area contributed by atoms with Crippen LogP contribution in [0.5, 0.6) is 5.75 Å². The molecule has 0 fully saturated rings. The molecule has 4 nitrogen and oxygen atoms in total. The molecule has 0 saturated carbocycles. The van der Waals surface area contributed by atoms with Gasteiger partial charge in [0.25, 0.3) is 0 Å². The summed E-state index contributed by atoms with van der Waals surface area (Å²) in [5, 5.41) is 3.88. The second-order valence-electron chi connectivity index (χ2n) is 5.01. The van der Waals surface area contributed by atoms with E-state index in [0.717, 1.165) is 32.2 Å². The summed E-state index contributed by atoms with van der Waals surface area (Å²) in [7, 11) is 1.62. The predicted molar refractivity (Wildman–Crippen MR) is 95.0 cm³/mol. The molecular formula is C18H16N2O2S. The van der Waals surface area contributed by atoms with Crippen LogP contribution in [0.25, 0.3) is 16.3 Å². The van der Waals surface area contributed by atoms with Crippen LogP contribution in [0.15, 0.2) is 48.5 Å². The molecule has 1 heterocycles. The molecule has 23 heavy (non-hydrogen) atoms. The van der Waals surface area contributed by atoms with Crippen molar-refractivity contribution in [3.05, 3.63) is 59.1 Å². The number of aromatic nitrogens is 1. The molecule has 1 aromatic heterocycles. The fourth-order valence-electron chi connectivity index (χ4n) is 2.19. The van der Waals surface area contributed by atoms with Crippen LogP contribution < -0.4 is 10.1 Å². The molecule has 0 aliphatic carbocycles. The molecule has 0 atom stereocenters. The summed E-state index contributed by atoms with van der Waals surface area (Å²) >= 11 is 1.61. The van der Waals surface area contributed by atoms with E-state index >= 15 is 0 Å². The minimum Gasteiger partial charge on any atom is -0.497 e. The number of hydrogen-bond acceptors (Lipinski definition) is 4. The number of thiazole rings is 1. The number of carbonyl (C=O) groups excluding carboxylic acids is 1. The fourth-order valence-corrected chi connectivity index (χ4v) is 3.05. The van der Waals surface area contributed by atoms with Gasteiger partial charge in [-0.2, -0.15) is 0 Å². The van der Waals surface area contributed by atoms with Crippen LogP contribution in [0.3, 0.4) is 0 Å². The summed E-state index contributed by atoms with van der Waals surface area (Å²) < 4.78 is 6.17. The van der Waals surface area contributed by atoms with Crippen molar-refractivity contribution in [2.75, 3.05) is 12.4 Å². The van der Waals surface area contributed by atoms with Crippen molar-refractivity contribution < 1.29 is 9.53 Å². The monoisotopic (exact) mass is 324 g/mol. The molecule has 0 aliphatic rings. The number of anilines is 1. The van der Waals surface area contributed by atoms with Gasteiger partial charge in [0.2, 0.25) is 5.91 Å². The van der Waals surface area contributed by atoms with Gasteiger partial charge in [-0.15, -0.1) is 11.3 Å². The highest BCUT2D eigenvalue weighted by Gasteiger charge is 2.03. The van der Waals surface area contributed by atoms with Crippen molar-refractivity contribution in [2.24, 2.45) is 0 Å². The standard InChI is InChI=1S/C18H16N2O2S/c1-12-19-16-9-6-14(11-17(16)23-12)20-18(21)10-5-13-3-7-15(22-2)8-4-13/h3-11H,1-2H3,(H,20,21)/b10-5+. The Bertz CT molecular complexity index is 866. The lowest BCUT2D eigenvalue weighted by atomic mass is 10.2. The molecule has 0 unspecified atom stereocenters. The Morgan fingerprint density at radius 2 is 2.00 bits per heavy atom. The van der Waals surface area contributed by atoms with Crippen molar-refractivity contribution in [1.82, 2.24) is 4.98 Å². The minimum absolute atomic E-state index is 0.165. The smallest absolute Gasteiger partial charge is 0.248 e. The first-order valence-electron chi connectivity index (χ1n) is 7.14. The zero-order chi connectivity index (χ0) is 16.2. The summed E-state index contributed by atoms with van der Waals surface area (Å²) in [6.07, 6.45) is 3.29. The Labute approximate surface area is 138 Å². The van der Waals surface area contributed by atoms with Crippen LogP contribution in [0.4, 0.5) is 5.69 Å². The molecule has 1 amide bonds. The lowest BCUT2D eigenvalue weighted by Crippen LogP contribution is -2.07. The normalized spacial score (nSPS) is 11.0. The van der Waals surface area contributed by atoms with Crippen LogP contribution in [0.1, 0.15) is 10.6 Å². The average Bonchev–Trinajstić information content (AvgIpc) is 2.92. The SMILES string of the molecule is COc1ccc(/C=C/C(=O)Nc2ccc3nc(C)sc3c2)cc1. The van der Waals surface area contributed by atoms with Crippen molar-refractivity contribution in [1.29, 1.82) is 0 Å². The third-order valence-corrected chi connectivity index (χ3v) is 4.24. The Hall–Kier alpha value is -2.66. The van der Waals surface area contributed by atoms with Crippen LogP contribution in [0, 0.1) is 6.92 Å². The second-order valence-corrected chi connectivity index (χ2v) is 6.25. The third kappa shape index (κ3) is 3.76.